The fourth-order valence-corrected chi connectivity index (χ4v) is 4.87. The molecule has 1 aliphatic heterocycles. The fraction of sp³-hybridized carbons (Fsp3) is 0.273. The van der Waals surface area contributed by atoms with Gasteiger partial charge < -0.3 is 10.2 Å². The lowest BCUT2D eigenvalue weighted by atomic mass is 10.0. The van der Waals surface area contributed by atoms with Crippen molar-refractivity contribution in [1.29, 1.82) is 5.26 Å². The average molecular weight is 416 g/mol. The first kappa shape index (κ1) is 18.7. The number of nitrogens with zero attached hydrogens (tertiary/aromatic N) is 6. The summed E-state index contributed by atoms with van der Waals surface area (Å²) in [4.78, 5) is 12.7. The first-order valence-electron chi connectivity index (χ1n) is 9.92. The number of fused-ring (bicyclic) bond motifs is 1. The lowest BCUT2D eigenvalue weighted by Gasteiger charge is -2.28. The van der Waals surface area contributed by atoms with Gasteiger partial charge in [-0.05, 0) is 32.0 Å². The summed E-state index contributed by atoms with van der Waals surface area (Å²) in [6, 6.07) is 8.54. The first-order valence-corrected chi connectivity index (χ1v) is 10.7. The third kappa shape index (κ3) is 3.22. The molecule has 4 aromatic rings. The molecule has 7 nitrogen and oxygen atoms in total. The van der Waals surface area contributed by atoms with Gasteiger partial charge in [0.25, 0.3) is 0 Å². The summed E-state index contributed by atoms with van der Waals surface area (Å²) in [5.41, 5.74) is 5.32. The van der Waals surface area contributed by atoms with E-state index >= 15 is 0 Å². The molecule has 0 aromatic carbocycles. The second-order valence-corrected chi connectivity index (χ2v) is 8.60. The van der Waals surface area contributed by atoms with Crippen LogP contribution >= 0.6 is 11.3 Å². The van der Waals surface area contributed by atoms with Gasteiger partial charge in [0, 0.05) is 55.3 Å². The minimum Gasteiger partial charge on any atom is -0.354 e. The topological polar surface area (TPSA) is 82.1 Å². The highest BCUT2D eigenvalue weighted by Crippen LogP contribution is 2.35. The maximum Gasteiger partial charge on any atom is 0.128 e. The van der Waals surface area contributed by atoms with Gasteiger partial charge in [-0.2, -0.15) is 10.4 Å². The van der Waals surface area contributed by atoms with E-state index in [1.165, 1.54) is 0 Å². The van der Waals surface area contributed by atoms with E-state index in [0.717, 1.165) is 69.8 Å². The van der Waals surface area contributed by atoms with Crippen molar-refractivity contribution >= 4 is 22.7 Å². The zero-order valence-corrected chi connectivity index (χ0v) is 17.7. The van der Waals surface area contributed by atoms with Crippen molar-refractivity contribution in [3.05, 3.63) is 53.1 Å². The van der Waals surface area contributed by atoms with Crippen molar-refractivity contribution < 1.29 is 0 Å². The molecule has 0 spiro atoms. The van der Waals surface area contributed by atoms with Crippen LogP contribution in [0.3, 0.4) is 0 Å². The zero-order chi connectivity index (χ0) is 20.7. The van der Waals surface area contributed by atoms with Gasteiger partial charge in [0.1, 0.15) is 11.9 Å². The summed E-state index contributed by atoms with van der Waals surface area (Å²) >= 11 is 1.67. The Hall–Kier alpha value is -3.28. The molecule has 0 radical (unpaired) electrons. The molecule has 1 N–H and O–H groups in total. The van der Waals surface area contributed by atoms with Crippen LogP contribution in [0.4, 0.5) is 5.82 Å². The normalized spacial score (nSPS) is 14.2. The van der Waals surface area contributed by atoms with Crippen LogP contribution in [0.25, 0.3) is 27.1 Å². The Labute approximate surface area is 178 Å². The predicted molar refractivity (Wildman–Crippen MR) is 119 cm³/mol. The van der Waals surface area contributed by atoms with E-state index in [9.17, 15) is 5.26 Å². The molecule has 0 saturated carbocycles. The van der Waals surface area contributed by atoms with Gasteiger partial charge in [-0.15, -0.1) is 11.3 Å². The van der Waals surface area contributed by atoms with E-state index in [1.807, 2.05) is 26.2 Å². The Morgan fingerprint density at radius 2 is 1.97 bits per heavy atom. The van der Waals surface area contributed by atoms with Crippen molar-refractivity contribution in [2.75, 3.05) is 31.1 Å². The lowest BCUT2D eigenvalue weighted by Crippen LogP contribution is -2.43. The molecule has 0 aliphatic carbocycles. The van der Waals surface area contributed by atoms with Crippen LogP contribution in [0, 0.1) is 25.2 Å². The number of thiazole rings is 1. The van der Waals surface area contributed by atoms with Crippen LogP contribution in [0.1, 0.15) is 16.3 Å². The van der Waals surface area contributed by atoms with Crippen molar-refractivity contribution in [2.24, 2.45) is 0 Å². The monoisotopic (exact) mass is 415 g/mol. The molecule has 5 rings (SSSR count). The molecule has 8 heteroatoms. The summed E-state index contributed by atoms with van der Waals surface area (Å²) in [7, 11) is 0. The van der Waals surface area contributed by atoms with Crippen LogP contribution in [0.5, 0.6) is 0 Å². The maximum absolute atomic E-state index is 9.60. The van der Waals surface area contributed by atoms with Crippen LogP contribution in [0.2, 0.25) is 0 Å². The second kappa shape index (κ2) is 7.52. The van der Waals surface area contributed by atoms with E-state index in [4.69, 9.17) is 4.98 Å². The van der Waals surface area contributed by atoms with Gasteiger partial charge in [0.2, 0.25) is 0 Å². The molecular formula is C22H21N7S. The number of nitriles is 1. The van der Waals surface area contributed by atoms with Crippen LogP contribution in [0.15, 0.2) is 36.8 Å². The molecule has 5 heterocycles. The Bertz CT molecular complexity index is 1260. The first-order chi connectivity index (χ1) is 14.6. The summed E-state index contributed by atoms with van der Waals surface area (Å²) in [6.07, 6.45) is 5.49. The third-order valence-corrected chi connectivity index (χ3v) is 6.52. The van der Waals surface area contributed by atoms with Gasteiger partial charge in [-0.3, -0.25) is 0 Å². The average Bonchev–Trinajstić information content (AvgIpc) is 3.35. The molecule has 0 unspecified atom stereocenters. The number of aryl methyl sites for hydroxylation is 2. The standard InChI is InChI=1S/C22H21N7S/c1-14-22(30-15(2)27-14)17-9-19(21-18(10-23)12-26-29(21)13-17)16-3-4-20(25-11-16)28-7-5-24-6-8-28/h3-4,9,11-13,24H,5-8H2,1-2H3. The summed E-state index contributed by atoms with van der Waals surface area (Å²) in [5, 5.41) is 18.4. The molecule has 0 amide bonds. The van der Waals surface area contributed by atoms with Gasteiger partial charge in [-0.1, -0.05) is 0 Å². The zero-order valence-electron chi connectivity index (χ0n) is 16.9. The maximum atomic E-state index is 9.60. The second-order valence-electron chi connectivity index (χ2n) is 7.40. The van der Waals surface area contributed by atoms with Crippen LogP contribution < -0.4 is 10.2 Å². The number of nitrogens with one attached hydrogen (secondary N) is 1. The quantitative estimate of drug-likeness (QED) is 0.552. The number of aromatic nitrogens is 4. The van der Waals surface area contributed by atoms with Gasteiger partial charge in [-0.25, -0.2) is 14.5 Å². The number of piperazine rings is 1. The smallest absolute Gasteiger partial charge is 0.128 e. The minimum atomic E-state index is 0.555. The SMILES string of the molecule is Cc1nc(C)c(-c2cc(-c3ccc(N4CCNCC4)nc3)c3c(C#N)cnn3c2)s1. The molecule has 0 bridgehead atoms. The Morgan fingerprint density at radius 3 is 2.63 bits per heavy atom. The molecular weight excluding hydrogens is 394 g/mol. The summed E-state index contributed by atoms with van der Waals surface area (Å²) in [6.45, 7) is 7.90. The highest BCUT2D eigenvalue weighted by atomic mass is 32.1. The molecule has 4 aromatic heterocycles. The number of hydrogen-bond acceptors (Lipinski definition) is 7. The molecule has 0 atom stereocenters. The number of rotatable bonds is 3. The van der Waals surface area contributed by atoms with Crippen molar-refractivity contribution in [3.63, 3.8) is 0 Å². The van der Waals surface area contributed by atoms with Gasteiger partial charge >= 0.3 is 0 Å². The predicted octanol–water partition coefficient (Wildman–Crippen LogP) is 3.42. The van der Waals surface area contributed by atoms with Crippen LogP contribution in [-0.2, 0) is 0 Å². The van der Waals surface area contributed by atoms with Crippen molar-refractivity contribution in [3.8, 4) is 27.6 Å². The molecule has 1 fully saturated rings. The van der Waals surface area contributed by atoms with E-state index in [1.54, 1.807) is 22.0 Å². The van der Waals surface area contributed by atoms with E-state index in [-0.39, 0.29) is 0 Å². The number of pyridine rings is 2. The molecule has 1 aliphatic rings. The Morgan fingerprint density at radius 1 is 1.13 bits per heavy atom. The molecule has 1 saturated heterocycles. The third-order valence-electron chi connectivity index (χ3n) is 5.40. The highest BCUT2D eigenvalue weighted by Gasteiger charge is 2.17. The lowest BCUT2D eigenvalue weighted by molar-refractivity contribution is 0.585. The van der Waals surface area contributed by atoms with E-state index in [2.05, 4.69) is 44.6 Å². The highest BCUT2D eigenvalue weighted by molar-refractivity contribution is 7.15. The molecule has 30 heavy (non-hydrogen) atoms. The summed E-state index contributed by atoms with van der Waals surface area (Å²) < 4.78 is 1.79. The van der Waals surface area contributed by atoms with Gasteiger partial charge in [0.05, 0.1) is 32.9 Å². The van der Waals surface area contributed by atoms with E-state index in [0.29, 0.717) is 5.56 Å². The number of anilines is 1. The Balaban J connectivity index is 1.64. The van der Waals surface area contributed by atoms with E-state index < -0.39 is 0 Å². The van der Waals surface area contributed by atoms with Crippen LogP contribution in [-0.4, -0.2) is 45.8 Å². The Kier molecular flexibility index (Phi) is 4.69. The van der Waals surface area contributed by atoms with Gasteiger partial charge in [0.15, 0.2) is 0 Å². The molecule has 150 valence electrons. The van der Waals surface area contributed by atoms with Crippen molar-refractivity contribution in [1.82, 2.24) is 24.9 Å². The number of hydrogen-bond donors (Lipinski definition) is 1. The largest absolute Gasteiger partial charge is 0.354 e. The van der Waals surface area contributed by atoms with Crippen molar-refractivity contribution in [2.45, 2.75) is 13.8 Å². The minimum absolute atomic E-state index is 0.555. The summed E-state index contributed by atoms with van der Waals surface area (Å²) in [5.74, 6) is 0.982. The fourth-order valence-electron chi connectivity index (χ4n) is 3.97.